The van der Waals surface area contributed by atoms with Gasteiger partial charge in [-0.05, 0) is 24.3 Å². The van der Waals surface area contributed by atoms with Gasteiger partial charge in [-0.2, -0.15) is 13.2 Å². The average molecular weight is 423 g/mol. The molecule has 0 radical (unpaired) electrons. The first-order chi connectivity index (χ1) is 13.8. The monoisotopic (exact) mass is 423 g/mol. The van der Waals surface area contributed by atoms with Gasteiger partial charge in [-0.3, -0.25) is 9.59 Å². The van der Waals surface area contributed by atoms with Gasteiger partial charge in [-0.15, -0.1) is 0 Å². The molecule has 4 rings (SSSR count). The van der Waals surface area contributed by atoms with Crippen LogP contribution in [0.3, 0.4) is 0 Å². The number of amides is 1. The lowest BCUT2D eigenvalue weighted by atomic mass is 10.1. The number of fused-ring (bicyclic) bond motifs is 5. The highest BCUT2D eigenvalue weighted by Gasteiger charge is 2.42. The van der Waals surface area contributed by atoms with E-state index < -0.39 is 23.6 Å². The van der Waals surface area contributed by atoms with Crippen molar-refractivity contribution in [2.45, 2.75) is 29.4 Å². The van der Waals surface area contributed by atoms with Gasteiger partial charge < -0.3 is 20.3 Å². The van der Waals surface area contributed by atoms with Crippen molar-refractivity contribution in [2.24, 2.45) is 0 Å². The number of carbonyl (C=O) groups is 2. The largest absolute Gasteiger partial charge is 0.469 e. The van der Waals surface area contributed by atoms with Crippen LogP contribution in [0.15, 0.2) is 41.3 Å². The minimum absolute atomic E-state index is 0.0726. The number of ether oxygens (including phenoxy) is 1. The molecule has 152 valence electrons. The van der Waals surface area contributed by atoms with E-state index >= 15 is 0 Å². The number of halogens is 3. The highest BCUT2D eigenvalue weighted by atomic mass is 32.2. The number of carbonyl (C=O) groups excluding carboxylic acids is 2. The van der Waals surface area contributed by atoms with Gasteiger partial charge >= 0.3 is 12.1 Å². The predicted octanol–water partition coefficient (Wildman–Crippen LogP) is 4.55. The Morgan fingerprint density at radius 3 is 2.69 bits per heavy atom. The van der Waals surface area contributed by atoms with Crippen LogP contribution in [0.5, 0.6) is 0 Å². The van der Waals surface area contributed by atoms with Gasteiger partial charge in [0.15, 0.2) is 5.50 Å². The summed E-state index contributed by atoms with van der Waals surface area (Å²) >= 11 is 1.32. The standard InChI is InChI=1S/C19H16F3N3O3S/c1-28-16(27)7-6-15(26)23-12-8-10(19(20,21)22)9-14-17(12)29-18-24-11-4-2-3-5-13(11)25(14)18/h2-5,8-9,18,24H,6-7H2,1H3,(H,23,26). The molecule has 0 aliphatic carbocycles. The van der Waals surface area contributed by atoms with Crippen molar-refractivity contribution in [3.63, 3.8) is 0 Å². The summed E-state index contributed by atoms with van der Waals surface area (Å²) in [5.41, 5.74) is 0.878. The van der Waals surface area contributed by atoms with Crippen molar-refractivity contribution < 1.29 is 27.5 Å². The third-order valence-corrected chi connectivity index (χ3v) is 5.84. The van der Waals surface area contributed by atoms with Crippen molar-refractivity contribution in [3.8, 4) is 0 Å². The Labute approximate surface area is 168 Å². The smallest absolute Gasteiger partial charge is 0.416 e. The number of benzene rings is 2. The molecular weight excluding hydrogens is 407 g/mol. The lowest BCUT2D eigenvalue weighted by Crippen LogP contribution is -2.23. The number of alkyl halides is 3. The molecule has 2 aliphatic heterocycles. The van der Waals surface area contributed by atoms with Crippen LogP contribution in [0.2, 0.25) is 0 Å². The number of methoxy groups -OCH3 is 1. The summed E-state index contributed by atoms with van der Waals surface area (Å²) in [6.45, 7) is 0. The molecule has 2 aromatic rings. The van der Waals surface area contributed by atoms with E-state index in [0.717, 1.165) is 23.5 Å². The Kier molecular flexibility index (Phi) is 4.81. The van der Waals surface area contributed by atoms with E-state index in [1.165, 1.54) is 18.9 Å². The Morgan fingerprint density at radius 1 is 1.21 bits per heavy atom. The van der Waals surface area contributed by atoms with Crippen molar-refractivity contribution >= 4 is 46.4 Å². The van der Waals surface area contributed by atoms with Crippen LogP contribution in [0.4, 0.5) is 35.9 Å². The molecule has 0 saturated carbocycles. The highest BCUT2D eigenvalue weighted by Crippen LogP contribution is 2.56. The van der Waals surface area contributed by atoms with Crippen LogP contribution in [-0.4, -0.2) is 24.5 Å². The SMILES string of the molecule is COC(=O)CCC(=O)Nc1cc(C(F)(F)F)cc2c1SC1Nc3ccccc3N21. The maximum absolute atomic E-state index is 13.5. The maximum atomic E-state index is 13.5. The number of hydrogen-bond donors (Lipinski definition) is 2. The molecule has 2 heterocycles. The first kappa shape index (κ1) is 19.4. The lowest BCUT2D eigenvalue weighted by molar-refractivity contribution is -0.141. The van der Waals surface area contributed by atoms with E-state index in [9.17, 15) is 22.8 Å². The molecular formula is C19H16F3N3O3S. The maximum Gasteiger partial charge on any atom is 0.416 e. The molecule has 2 N–H and O–H groups in total. The van der Waals surface area contributed by atoms with Crippen molar-refractivity contribution in [1.29, 1.82) is 0 Å². The highest BCUT2D eigenvalue weighted by molar-refractivity contribution is 8.00. The van der Waals surface area contributed by atoms with E-state index in [2.05, 4.69) is 15.4 Å². The molecule has 0 bridgehead atoms. The summed E-state index contributed by atoms with van der Waals surface area (Å²) in [5.74, 6) is -1.12. The van der Waals surface area contributed by atoms with Gasteiger partial charge in [0.25, 0.3) is 0 Å². The summed E-state index contributed by atoms with van der Waals surface area (Å²) < 4.78 is 45.0. The number of anilines is 4. The third-order valence-electron chi connectivity index (χ3n) is 4.62. The van der Waals surface area contributed by atoms with Crippen molar-refractivity contribution in [1.82, 2.24) is 0 Å². The average Bonchev–Trinajstić information content (AvgIpc) is 3.21. The van der Waals surface area contributed by atoms with Crippen LogP contribution < -0.4 is 15.5 Å². The number of para-hydroxylation sites is 2. The normalized spacial score (nSPS) is 16.6. The summed E-state index contributed by atoms with van der Waals surface area (Å²) in [6.07, 6.45) is -4.91. The molecule has 2 aliphatic rings. The molecule has 1 unspecified atom stereocenters. The quantitative estimate of drug-likeness (QED) is 0.703. The fourth-order valence-electron chi connectivity index (χ4n) is 3.28. The van der Waals surface area contributed by atoms with Crippen LogP contribution in [-0.2, 0) is 20.5 Å². The van der Waals surface area contributed by atoms with E-state index in [0.29, 0.717) is 10.6 Å². The molecule has 1 amide bonds. The van der Waals surface area contributed by atoms with Gasteiger partial charge in [-0.25, -0.2) is 0 Å². The Balaban J connectivity index is 1.70. The Hall–Kier alpha value is -2.88. The number of nitrogens with one attached hydrogen (secondary N) is 2. The zero-order chi connectivity index (χ0) is 20.8. The zero-order valence-corrected chi connectivity index (χ0v) is 16.0. The van der Waals surface area contributed by atoms with E-state index in [4.69, 9.17) is 0 Å². The fourth-order valence-corrected chi connectivity index (χ4v) is 4.54. The third kappa shape index (κ3) is 3.59. The van der Waals surface area contributed by atoms with E-state index in [-0.39, 0.29) is 24.0 Å². The fraction of sp³-hybridized carbons (Fsp3) is 0.263. The molecule has 1 atom stereocenters. The predicted molar refractivity (Wildman–Crippen MR) is 103 cm³/mol. The molecule has 29 heavy (non-hydrogen) atoms. The summed E-state index contributed by atoms with van der Waals surface area (Å²) in [6, 6.07) is 9.36. The number of esters is 1. The summed E-state index contributed by atoms with van der Waals surface area (Å²) in [5, 5.41) is 5.79. The molecule has 0 spiro atoms. The van der Waals surface area contributed by atoms with Gasteiger partial charge in [0.2, 0.25) is 5.91 Å². The first-order valence-corrected chi connectivity index (χ1v) is 9.59. The zero-order valence-electron chi connectivity index (χ0n) is 15.2. The molecule has 10 heteroatoms. The Bertz CT molecular complexity index is 996. The van der Waals surface area contributed by atoms with Gasteiger partial charge in [0.05, 0.1) is 46.7 Å². The van der Waals surface area contributed by atoms with Crippen LogP contribution in [0.1, 0.15) is 18.4 Å². The molecule has 0 aromatic heterocycles. The van der Waals surface area contributed by atoms with E-state index in [1.807, 2.05) is 24.3 Å². The topological polar surface area (TPSA) is 70.7 Å². The number of hydrogen-bond acceptors (Lipinski definition) is 6. The minimum atomic E-state index is -4.57. The molecule has 2 aromatic carbocycles. The van der Waals surface area contributed by atoms with Crippen molar-refractivity contribution in [2.75, 3.05) is 22.6 Å². The minimum Gasteiger partial charge on any atom is -0.469 e. The molecule has 6 nitrogen and oxygen atoms in total. The second kappa shape index (κ2) is 7.18. The second-order valence-corrected chi connectivity index (χ2v) is 7.59. The number of rotatable bonds is 4. The summed E-state index contributed by atoms with van der Waals surface area (Å²) in [7, 11) is 1.20. The lowest BCUT2D eigenvalue weighted by Gasteiger charge is -2.20. The molecule has 0 fully saturated rings. The number of thioether (sulfide) groups is 1. The van der Waals surface area contributed by atoms with Gasteiger partial charge in [-0.1, -0.05) is 23.9 Å². The number of nitrogens with zero attached hydrogens (tertiary/aromatic N) is 1. The Morgan fingerprint density at radius 2 is 1.97 bits per heavy atom. The molecule has 0 saturated heterocycles. The van der Waals surface area contributed by atoms with Crippen molar-refractivity contribution in [3.05, 3.63) is 42.0 Å². The van der Waals surface area contributed by atoms with E-state index in [1.54, 1.807) is 4.90 Å². The van der Waals surface area contributed by atoms with Gasteiger partial charge in [0, 0.05) is 6.42 Å². The van der Waals surface area contributed by atoms with Gasteiger partial charge in [0.1, 0.15) is 0 Å². The van der Waals surface area contributed by atoms with Crippen LogP contribution >= 0.6 is 11.8 Å². The van der Waals surface area contributed by atoms with Crippen LogP contribution in [0, 0.1) is 0 Å². The first-order valence-electron chi connectivity index (χ1n) is 8.71. The van der Waals surface area contributed by atoms with Crippen LogP contribution in [0.25, 0.3) is 0 Å². The second-order valence-electron chi connectivity index (χ2n) is 6.50. The summed E-state index contributed by atoms with van der Waals surface area (Å²) in [4.78, 5) is 25.7.